The standard InChI is InChI=1S/C25H26N4O3/c1-3-12-26-23(30)14(2)27-24(31)20-13-18-15-8-6-7-11-19(15)28-21(18)22-16-9-4-5-10-17(16)25(32)29(20)22/h4-11,14,20,22,28H,3,12-13H2,1-2H3,(H,26,30)(H,27,31)/t14-,20+,22-/m0/s1. The lowest BCUT2D eigenvalue weighted by Crippen LogP contribution is -2.55. The number of nitrogens with one attached hydrogen (secondary N) is 3. The minimum atomic E-state index is -0.701. The largest absolute Gasteiger partial charge is 0.356 e. The maximum absolute atomic E-state index is 13.4. The van der Waals surface area contributed by atoms with Gasteiger partial charge in [0.2, 0.25) is 11.8 Å². The van der Waals surface area contributed by atoms with Crippen LogP contribution in [0.3, 0.4) is 0 Å². The van der Waals surface area contributed by atoms with Crippen LogP contribution in [-0.2, 0) is 16.0 Å². The highest BCUT2D eigenvalue weighted by Gasteiger charge is 2.49. The summed E-state index contributed by atoms with van der Waals surface area (Å²) in [5, 5.41) is 6.70. The van der Waals surface area contributed by atoms with Crippen LogP contribution in [0.1, 0.15) is 53.5 Å². The second kappa shape index (κ2) is 7.82. The van der Waals surface area contributed by atoms with Crippen molar-refractivity contribution in [3.63, 3.8) is 0 Å². The van der Waals surface area contributed by atoms with Crippen molar-refractivity contribution in [3.8, 4) is 0 Å². The molecule has 0 fully saturated rings. The molecule has 2 aliphatic rings. The summed E-state index contributed by atoms with van der Waals surface area (Å²) in [6, 6.07) is 13.8. The molecule has 0 radical (unpaired) electrons. The van der Waals surface area contributed by atoms with Crippen LogP contribution in [-0.4, -0.2) is 46.2 Å². The Hall–Kier alpha value is -3.61. The number of aromatic amines is 1. The predicted molar refractivity (Wildman–Crippen MR) is 121 cm³/mol. The molecule has 3 aromatic rings. The molecule has 7 heteroatoms. The number of aromatic nitrogens is 1. The van der Waals surface area contributed by atoms with E-state index in [0.717, 1.165) is 34.1 Å². The van der Waals surface area contributed by atoms with Crippen LogP contribution in [0.4, 0.5) is 0 Å². The van der Waals surface area contributed by atoms with Gasteiger partial charge in [-0.15, -0.1) is 0 Å². The maximum Gasteiger partial charge on any atom is 0.255 e. The number of carbonyl (C=O) groups excluding carboxylic acids is 3. The number of hydrogen-bond donors (Lipinski definition) is 3. The molecule has 3 heterocycles. The van der Waals surface area contributed by atoms with Gasteiger partial charge >= 0.3 is 0 Å². The average molecular weight is 431 g/mol. The molecule has 0 spiro atoms. The summed E-state index contributed by atoms with van der Waals surface area (Å²) in [6.07, 6.45) is 1.21. The number of H-pyrrole nitrogens is 1. The van der Waals surface area contributed by atoms with Crippen LogP contribution in [0, 0.1) is 0 Å². The highest BCUT2D eigenvalue weighted by atomic mass is 16.2. The maximum atomic E-state index is 13.4. The summed E-state index contributed by atoms with van der Waals surface area (Å²) in [5.74, 6) is -0.694. The van der Waals surface area contributed by atoms with E-state index in [9.17, 15) is 14.4 Å². The van der Waals surface area contributed by atoms with Crippen LogP contribution >= 0.6 is 0 Å². The van der Waals surface area contributed by atoms with Gasteiger partial charge in [0.1, 0.15) is 12.1 Å². The summed E-state index contributed by atoms with van der Waals surface area (Å²) >= 11 is 0. The number of benzene rings is 2. The van der Waals surface area contributed by atoms with Crippen molar-refractivity contribution in [1.82, 2.24) is 20.5 Å². The molecule has 164 valence electrons. The molecule has 0 saturated carbocycles. The van der Waals surface area contributed by atoms with Gasteiger partial charge < -0.3 is 20.5 Å². The molecule has 2 aromatic carbocycles. The Morgan fingerprint density at radius 3 is 2.72 bits per heavy atom. The van der Waals surface area contributed by atoms with Gasteiger partial charge in [0.05, 0.1) is 6.04 Å². The second-order valence-corrected chi connectivity index (χ2v) is 8.51. The number of nitrogens with zero attached hydrogens (tertiary/aromatic N) is 1. The van der Waals surface area contributed by atoms with E-state index in [1.165, 1.54) is 0 Å². The quantitative estimate of drug-likeness (QED) is 0.581. The van der Waals surface area contributed by atoms with Gasteiger partial charge in [0, 0.05) is 35.1 Å². The van der Waals surface area contributed by atoms with E-state index < -0.39 is 12.1 Å². The minimum absolute atomic E-state index is 0.154. The lowest BCUT2D eigenvalue weighted by molar-refractivity contribution is -0.131. The fourth-order valence-corrected chi connectivity index (χ4v) is 4.91. The molecule has 0 bridgehead atoms. The molecule has 3 amide bonds. The number of fused-ring (bicyclic) bond motifs is 7. The lowest BCUT2D eigenvalue weighted by atomic mass is 9.90. The number of hydrogen-bond acceptors (Lipinski definition) is 3. The van der Waals surface area contributed by atoms with Crippen molar-refractivity contribution >= 4 is 28.6 Å². The first-order valence-electron chi connectivity index (χ1n) is 11.1. The zero-order chi connectivity index (χ0) is 22.4. The zero-order valence-electron chi connectivity index (χ0n) is 18.1. The molecular weight excluding hydrogens is 404 g/mol. The normalized spacial score (nSPS) is 19.8. The first-order chi connectivity index (χ1) is 15.5. The van der Waals surface area contributed by atoms with Gasteiger partial charge in [0.25, 0.3) is 5.91 Å². The molecule has 3 atom stereocenters. The van der Waals surface area contributed by atoms with Gasteiger partial charge in [-0.3, -0.25) is 14.4 Å². The summed E-state index contributed by atoms with van der Waals surface area (Å²) in [6.45, 7) is 4.20. The van der Waals surface area contributed by atoms with Crippen LogP contribution < -0.4 is 10.6 Å². The van der Waals surface area contributed by atoms with E-state index in [2.05, 4.69) is 15.6 Å². The van der Waals surface area contributed by atoms with E-state index in [1.54, 1.807) is 11.8 Å². The van der Waals surface area contributed by atoms with Crippen LogP contribution in [0.2, 0.25) is 0 Å². The third-order valence-electron chi connectivity index (χ3n) is 6.46. The summed E-state index contributed by atoms with van der Waals surface area (Å²) in [4.78, 5) is 44.3. The molecule has 0 unspecified atom stereocenters. The van der Waals surface area contributed by atoms with Gasteiger partial charge in [-0.2, -0.15) is 0 Å². The van der Waals surface area contributed by atoms with Crippen molar-refractivity contribution in [3.05, 3.63) is 70.9 Å². The molecule has 7 nitrogen and oxygen atoms in total. The second-order valence-electron chi connectivity index (χ2n) is 8.51. The fourth-order valence-electron chi connectivity index (χ4n) is 4.91. The van der Waals surface area contributed by atoms with E-state index >= 15 is 0 Å². The molecule has 1 aromatic heterocycles. The lowest BCUT2D eigenvalue weighted by Gasteiger charge is -2.37. The van der Waals surface area contributed by atoms with Crippen molar-refractivity contribution in [2.75, 3.05) is 6.54 Å². The number of rotatable bonds is 5. The van der Waals surface area contributed by atoms with Gasteiger partial charge in [-0.25, -0.2) is 0 Å². The Morgan fingerprint density at radius 2 is 1.91 bits per heavy atom. The molecule has 32 heavy (non-hydrogen) atoms. The third-order valence-corrected chi connectivity index (χ3v) is 6.46. The summed E-state index contributed by atoms with van der Waals surface area (Å²) < 4.78 is 0. The van der Waals surface area contributed by atoms with E-state index in [1.807, 2.05) is 55.5 Å². The van der Waals surface area contributed by atoms with Crippen LogP contribution in [0.5, 0.6) is 0 Å². The van der Waals surface area contributed by atoms with Gasteiger partial charge in [0.15, 0.2) is 0 Å². The smallest absolute Gasteiger partial charge is 0.255 e. The number of amides is 3. The molecule has 0 aliphatic carbocycles. The first-order valence-corrected chi connectivity index (χ1v) is 11.1. The Kier molecular flexibility index (Phi) is 4.96. The first kappa shape index (κ1) is 20.3. The Bertz CT molecular complexity index is 1230. The average Bonchev–Trinajstić information content (AvgIpc) is 3.32. The van der Waals surface area contributed by atoms with Gasteiger partial charge in [-0.05, 0) is 36.6 Å². The highest BCUT2D eigenvalue weighted by Crippen LogP contribution is 2.46. The van der Waals surface area contributed by atoms with Crippen LogP contribution in [0.15, 0.2) is 48.5 Å². The fraction of sp³-hybridized carbons (Fsp3) is 0.320. The molecule has 5 rings (SSSR count). The highest BCUT2D eigenvalue weighted by molar-refractivity contribution is 6.04. The van der Waals surface area contributed by atoms with E-state index in [4.69, 9.17) is 0 Å². The van der Waals surface area contributed by atoms with E-state index in [-0.39, 0.29) is 23.8 Å². The molecular formula is C25H26N4O3. The van der Waals surface area contributed by atoms with Gasteiger partial charge in [-0.1, -0.05) is 43.3 Å². The Morgan fingerprint density at radius 1 is 1.16 bits per heavy atom. The van der Waals surface area contributed by atoms with Crippen LogP contribution in [0.25, 0.3) is 10.9 Å². The molecule has 3 N–H and O–H groups in total. The Balaban J connectivity index is 1.54. The third kappa shape index (κ3) is 3.07. The minimum Gasteiger partial charge on any atom is -0.356 e. The SMILES string of the molecule is CCCNC(=O)[C@H](C)NC(=O)[C@H]1Cc2c([nH]c3ccccc23)[C@@H]2c3ccccc3C(=O)N21. The number of carbonyl (C=O) groups is 3. The summed E-state index contributed by atoms with van der Waals surface area (Å²) in [7, 11) is 0. The monoisotopic (exact) mass is 430 g/mol. The number of para-hydroxylation sites is 1. The van der Waals surface area contributed by atoms with Crippen molar-refractivity contribution < 1.29 is 14.4 Å². The van der Waals surface area contributed by atoms with Crippen molar-refractivity contribution in [2.24, 2.45) is 0 Å². The molecule has 2 aliphatic heterocycles. The zero-order valence-corrected chi connectivity index (χ0v) is 18.1. The predicted octanol–water partition coefficient (Wildman–Crippen LogP) is 2.67. The summed E-state index contributed by atoms with van der Waals surface area (Å²) in [5.41, 5.74) is 4.52. The van der Waals surface area contributed by atoms with E-state index in [0.29, 0.717) is 18.5 Å². The van der Waals surface area contributed by atoms with Crippen molar-refractivity contribution in [2.45, 2.75) is 44.8 Å². The van der Waals surface area contributed by atoms with Crippen molar-refractivity contribution in [1.29, 1.82) is 0 Å². The topological polar surface area (TPSA) is 94.3 Å². The molecule has 0 saturated heterocycles. The Labute approximate surface area is 186 Å².